The van der Waals surface area contributed by atoms with Crippen LogP contribution in [0.2, 0.25) is 0 Å². The Morgan fingerprint density at radius 3 is 2.57 bits per heavy atom. The fourth-order valence-electron chi connectivity index (χ4n) is 1.77. The van der Waals surface area contributed by atoms with Crippen molar-refractivity contribution in [3.05, 3.63) is 35.8 Å². The van der Waals surface area contributed by atoms with Crippen molar-refractivity contribution in [2.75, 3.05) is 5.32 Å². The predicted molar refractivity (Wildman–Crippen MR) is 80.8 cm³/mol. The molecular weight excluding hydrogens is 305 g/mol. The molecule has 0 bridgehead atoms. The van der Waals surface area contributed by atoms with Crippen molar-refractivity contribution in [2.24, 2.45) is 0 Å². The molecule has 0 saturated heterocycles. The molecule has 2 aromatic rings. The number of nitrogens with zero attached hydrogens (tertiary/aromatic N) is 1. The molecule has 8 heteroatoms. The van der Waals surface area contributed by atoms with Gasteiger partial charge in [0, 0.05) is 5.56 Å². The molecule has 1 amide bonds. The monoisotopic (exact) mass is 321 g/mol. The zero-order valence-corrected chi connectivity index (χ0v) is 12.8. The van der Waals surface area contributed by atoms with Gasteiger partial charge in [0.1, 0.15) is 17.1 Å². The van der Waals surface area contributed by atoms with Crippen LogP contribution in [-0.4, -0.2) is 33.0 Å². The van der Waals surface area contributed by atoms with Gasteiger partial charge in [0.2, 0.25) is 0 Å². The van der Waals surface area contributed by atoms with E-state index in [1.54, 1.807) is 20.8 Å². The van der Waals surface area contributed by atoms with E-state index in [0.717, 1.165) is 6.07 Å². The minimum absolute atomic E-state index is 0.0865. The lowest BCUT2D eigenvalue weighted by molar-refractivity contribution is 0.0633. The van der Waals surface area contributed by atoms with Crippen LogP contribution in [0.25, 0.3) is 11.3 Å². The summed E-state index contributed by atoms with van der Waals surface area (Å²) in [5.74, 6) is -1.80. The van der Waals surface area contributed by atoms with Crippen molar-refractivity contribution in [1.82, 2.24) is 10.2 Å². The van der Waals surface area contributed by atoms with Crippen molar-refractivity contribution >= 4 is 17.7 Å². The van der Waals surface area contributed by atoms with Crippen molar-refractivity contribution in [2.45, 2.75) is 26.4 Å². The number of ether oxygens (including phenoxy) is 1. The van der Waals surface area contributed by atoms with Crippen molar-refractivity contribution in [3.8, 4) is 11.3 Å². The predicted octanol–water partition coefficient (Wildman–Crippen LogP) is 3.26. The van der Waals surface area contributed by atoms with Crippen molar-refractivity contribution < 1.29 is 23.8 Å². The van der Waals surface area contributed by atoms with Crippen LogP contribution in [0, 0.1) is 5.82 Å². The number of anilines is 1. The second-order valence-corrected chi connectivity index (χ2v) is 5.79. The van der Waals surface area contributed by atoms with E-state index in [-0.39, 0.29) is 11.4 Å². The number of aromatic carboxylic acids is 1. The summed E-state index contributed by atoms with van der Waals surface area (Å²) in [6.45, 7) is 5.07. The van der Waals surface area contributed by atoms with Gasteiger partial charge in [-0.3, -0.25) is 10.4 Å². The lowest BCUT2D eigenvalue weighted by atomic mass is 10.1. The molecule has 7 nitrogen and oxygen atoms in total. The molecule has 1 aromatic heterocycles. The first-order valence-electron chi connectivity index (χ1n) is 6.74. The Bertz CT molecular complexity index is 749. The number of amides is 1. The molecule has 0 spiro atoms. The number of halogens is 1. The van der Waals surface area contributed by atoms with E-state index in [9.17, 15) is 14.0 Å². The highest BCUT2D eigenvalue weighted by molar-refractivity contribution is 5.88. The normalized spacial score (nSPS) is 11.1. The molecule has 0 unspecified atom stereocenters. The summed E-state index contributed by atoms with van der Waals surface area (Å²) in [4.78, 5) is 22.6. The van der Waals surface area contributed by atoms with Gasteiger partial charge in [0.05, 0.1) is 11.4 Å². The maximum absolute atomic E-state index is 13.8. The van der Waals surface area contributed by atoms with E-state index in [0.29, 0.717) is 11.3 Å². The van der Waals surface area contributed by atoms with Gasteiger partial charge in [-0.15, -0.1) is 0 Å². The average Bonchev–Trinajstić information content (AvgIpc) is 2.89. The first-order chi connectivity index (χ1) is 10.7. The molecule has 3 N–H and O–H groups in total. The van der Waals surface area contributed by atoms with Crippen LogP contribution < -0.4 is 5.32 Å². The first kappa shape index (κ1) is 16.5. The van der Waals surface area contributed by atoms with Gasteiger partial charge in [-0.25, -0.2) is 14.0 Å². The van der Waals surface area contributed by atoms with E-state index in [1.165, 1.54) is 18.2 Å². The smallest absolute Gasteiger partial charge is 0.412 e. The van der Waals surface area contributed by atoms with Crippen LogP contribution in [0.4, 0.5) is 14.9 Å². The van der Waals surface area contributed by atoms with Crippen LogP contribution in [0.3, 0.4) is 0 Å². The van der Waals surface area contributed by atoms with E-state index in [2.05, 4.69) is 15.5 Å². The van der Waals surface area contributed by atoms with Gasteiger partial charge in [0.15, 0.2) is 0 Å². The van der Waals surface area contributed by atoms with Crippen LogP contribution >= 0.6 is 0 Å². The molecule has 2 rings (SSSR count). The maximum Gasteiger partial charge on any atom is 0.412 e. The number of aromatic nitrogens is 2. The molecule has 1 heterocycles. The van der Waals surface area contributed by atoms with Gasteiger partial charge in [-0.2, -0.15) is 5.10 Å². The molecule has 0 radical (unpaired) electrons. The third-order valence-electron chi connectivity index (χ3n) is 2.71. The minimum Gasteiger partial charge on any atom is -0.477 e. The number of H-pyrrole nitrogens is 1. The van der Waals surface area contributed by atoms with E-state index in [1.807, 2.05) is 0 Å². The number of benzene rings is 1. The minimum atomic E-state index is -1.15. The Hall–Kier alpha value is -2.90. The number of carbonyl (C=O) groups is 2. The number of carboxylic acid groups (broad SMARTS) is 1. The van der Waals surface area contributed by atoms with Gasteiger partial charge in [0.25, 0.3) is 0 Å². The Kier molecular flexibility index (Phi) is 4.35. The van der Waals surface area contributed by atoms with Gasteiger partial charge in [-0.1, -0.05) is 0 Å². The second kappa shape index (κ2) is 6.07. The zero-order chi connectivity index (χ0) is 17.2. The maximum atomic E-state index is 13.8. The largest absolute Gasteiger partial charge is 0.477 e. The van der Waals surface area contributed by atoms with Gasteiger partial charge < -0.3 is 9.84 Å². The summed E-state index contributed by atoms with van der Waals surface area (Å²) in [5.41, 5.74) is -0.130. The number of carboxylic acids is 1. The van der Waals surface area contributed by atoms with E-state index >= 15 is 0 Å². The Morgan fingerprint density at radius 2 is 2.00 bits per heavy atom. The van der Waals surface area contributed by atoms with Crippen molar-refractivity contribution in [3.63, 3.8) is 0 Å². The molecule has 1 aromatic carbocycles. The fourth-order valence-corrected chi connectivity index (χ4v) is 1.77. The Morgan fingerprint density at radius 1 is 1.30 bits per heavy atom. The summed E-state index contributed by atoms with van der Waals surface area (Å²) in [5, 5.41) is 17.4. The molecule has 0 aliphatic heterocycles. The molecule has 0 atom stereocenters. The number of nitrogens with one attached hydrogen (secondary N) is 2. The molecule has 0 fully saturated rings. The number of carbonyl (C=O) groups excluding carboxylic acids is 1. The summed E-state index contributed by atoms with van der Waals surface area (Å²) in [7, 11) is 0. The Labute approximate surface area is 131 Å². The van der Waals surface area contributed by atoms with Crippen LogP contribution in [0.5, 0.6) is 0 Å². The van der Waals surface area contributed by atoms with E-state index < -0.39 is 23.5 Å². The second-order valence-electron chi connectivity index (χ2n) is 5.79. The lowest BCUT2D eigenvalue weighted by Crippen LogP contribution is -2.27. The SMILES string of the molecule is CC(C)(C)OC(=O)Nc1cc(-c2cc(C(=O)O)[nH]n2)ccc1F. The first-order valence-corrected chi connectivity index (χ1v) is 6.74. The summed E-state index contributed by atoms with van der Waals surface area (Å²) >= 11 is 0. The number of hydrogen-bond donors (Lipinski definition) is 3. The number of hydrogen-bond acceptors (Lipinski definition) is 4. The van der Waals surface area contributed by atoms with E-state index in [4.69, 9.17) is 9.84 Å². The standard InChI is InChI=1S/C15H16FN3O4/c1-15(2,3)23-14(22)17-11-6-8(4-5-9(11)16)10-7-12(13(20)21)19-18-10/h4-7H,1-3H3,(H,17,22)(H,18,19)(H,20,21). The van der Waals surface area contributed by atoms with Gasteiger partial charge >= 0.3 is 12.1 Å². The highest BCUT2D eigenvalue weighted by atomic mass is 19.1. The zero-order valence-electron chi connectivity index (χ0n) is 12.8. The fraction of sp³-hybridized carbons (Fsp3) is 0.267. The topological polar surface area (TPSA) is 104 Å². The molecule has 0 saturated carbocycles. The third-order valence-corrected chi connectivity index (χ3v) is 2.71. The van der Waals surface area contributed by atoms with Crippen molar-refractivity contribution in [1.29, 1.82) is 0 Å². The summed E-state index contributed by atoms with van der Waals surface area (Å²) in [6, 6.07) is 5.24. The molecule has 0 aliphatic carbocycles. The van der Waals surface area contributed by atoms with Gasteiger partial charge in [-0.05, 0) is 45.0 Å². The third kappa shape index (κ3) is 4.29. The number of aromatic amines is 1. The highest BCUT2D eigenvalue weighted by Gasteiger charge is 2.18. The summed E-state index contributed by atoms with van der Waals surface area (Å²) < 4.78 is 18.9. The number of rotatable bonds is 3. The average molecular weight is 321 g/mol. The highest BCUT2D eigenvalue weighted by Crippen LogP contribution is 2.24. The molecular formula is C15H16FN3O4. The lowest BCUT2D eigenvalue weighted by Gasteiger charge is -2.19. The summed E-state index contributed by atoms with van der Waals surface area (Å²) in [6.07, 6.45) is -0.790. The van der Waals surface area contributed by atoms with Crippen LogP contribution in [0.15, 0.2) is 24.3 Å². The quantitative estimate of drug-likeness (QED) is 0.805. The van der Waals surface area contributed by atoms with Crippen LogP contribution in [0.1, 0.15) is 31.3 Å². The molecule has 122 valence electrons. The van der Waals surface area contributed by atoms with Crippen LogP contribution in [-0.2, 0) is 4.74 Å². The molecule has 23 heavy (non-hydrogen) atoms. The molecule has 0 aliphatic rings. The Balaban J connectivity index is 2.24.